The molecule has 3 rings (SSSR count). The number of rotatable bonds is 4. The number of halogens is 2. The number of aromatic nitrogens is 1. The Balaban J connectivity index is 1.68. The van der Waals surface area contributed by atoms with E-state index in [1.165, 1.54) is 0 Å². The molecule has 2 aromatic rings. The maximum atomic E-state index is 13.7. The van der Waals surface area contributed by atoms with Crippen LogP contribution in [0.15, 0.2) is 47.7 Å². The van der Waals surface area contributed by atoms with Crippen molar-refractivity contribution < 1.29 is 8.78 Å². The van der Waals surface area contributed by atoms with Gasteiger partial charge in [-0.3, -0.25) is 14.9 Å². The van der Waals surface area contributed by atoms with Crippen molar-refractivity contribution in [2.24, 2.45) is 16.6 Å². The van der Waals surface area contributed by atoms with Gasteiger partial charge >= 0.3 is 0 Å². The molecule has 132 valence electrons. The molecule has 1 aliphatic rings. The molecule has 0 spiro atoms. The largest absolute Gasteiger partial charge is 0.370 e. The lowest BCUT2D eigenvalue weighted by molar-refractivity contribution is 0.279. The van der Waals surface area contributed by atoms with Crippen molar-refractivity contribution in [1.82, 2.24) is 9.88 Å². The second-order valence-corrected chi connectivity index (χ2v) is 6.24. The smallest absolute Gasteiger partial charge is 0.193 e. The third-order valence-corrected chi connectivity index (χ3v) is 4.49. The Kier molecular flexibility index (Phi) is 5.23. The number of nitrogens with two attached hydrogens (primary N) is 1. The summed E-state index contributed by atoms with van der Waals surface area (Å²) < 4.78 is 26.9. The maximum absolute atomic E-state index is 13.7. The molecule has 1 fully saturated rings. The highest BCUT2D eigenvalue weighted by atomic mass is 19.1. The Hall–Kier alpha value is -2.54. The van der Waals surface area contributed by atoms with Crippen LogP contribution in [0.5, 0.6) is 0 Å². The molecule has 0 aliphatic carbocycles. The van der Waals surface area contributed by atoms with Gasteiger partial charge in [0.05, 0.1) is 5.69 Å². The molecule has 0 radical (unpaired) electrons. The van der Waals surface area contributed by atoms with Crippen LogP contribution in [0.25, 0.3) is 0 Å². The highest BCUT2D eigenvalue weighted by Crippen LogP contribution is 2.35. The fourth-order valence-electron chi connectivity index (χ4n) is 3.28. The number of anilines is 1. The van der Waals surface area contributed by atoms with E-state index >= 15 is 0 Å². The first kappa shape index (κ1) is 17.3. The summed E-state index contributed by atoms with van der Waals surface area (Å²) in [6.45, 7) is 1.46. The van der Waals surface area contributed by atoms with Gasteiger partial charge in [-0.15, -0.1) is 0 Å². The molecule has 0 saturated carbocycles. The number of pyridine rings is 1. The van der Waals surface area contributed by atoms with Crippen molar-refractivity contribution in [2.45, 2.75) is 12.5 Å². The number of hydrogen-bond acceptors (Lipinski definition) is 3. The van der Waals surface area contributed by atoms with Crippen molar-refractivity contribution >= 4 is 11.6 Å². The number of nitrogens with zero attached hydrogens (tertiary/aromatic N) is 3. The quantitative estimate of drug-likeness (QED) is 0.661. The Morgan fingerprint density at radius 2 is 2.24 bits per heavy atom. The monoisotopic (exact) mass is 345 g/mol. The van der Waals surface area contributed by atoms with E-state index in [0.29, 0.717) is 6.54 Å². The van der Waals surface area contributed by atoms with E-state index in [1.807, 2.05) is 12.3 Å². The molecule has 1 saturated heterocycles. The van der Waals surface area contributed by atoms with Crippen molar-refractivity contribution in [1.29, 1.82) is 0 Å². The molecule has 2 heterocycles. The highest BCUT2D eigenvalue weighted by molar-refractivity contribution is 5.92. The lowest BCUT2D eigenvalue weighted by atomic mass is 9.95. The zero-order valence-corrected chi connectivity index (χ0v) is 14.0. The van der Waals surface area contributed by atoms with Crippen LogP contribution in [-0.4, -0.2) is 36.0 Å². The van der Waals surface area contributed by atoms with Gasteiger partial charge in [-0.25, -0.2) is 8.78 Å². The number of benzene rings is 1. The normalized spacial score (nSPS) is 21.5. The van der Waals surface area contributed by atoms with Gasteiger partial charge in [0.1, 0.15) is 11.6 Å². The van der Waals surface area contributed by atoms with Gasteiger partial charge in [0.2, 0.25) is 0 Å². The average Bonchev–Trinajstić information content (AvgIpc) is 2.98. The van der Waals surface area contributed by atoms with E-state index < -0.39 is 11.6 Å². The zero-order valence-electron chi connectivity index (χ0n) is 14.0. The van der Waals surface area contributed by atoms with Crippen LogP contribution in [0, 0.1) is 17.6 Å². The summed E-state index contributed by atoms with van der Waals surface area (Å²) in [6.07, 6.45) is 4.61. The first-order valence-electron chi connectivity index (χ1n) is 8.17. The van der Waals surface area contributed by atoms with Crippen molar-refractivity contribution in [3.8, 4) is 0 Å². The van der Waals surface area contributed by atoms with Crippen LogP contribution in [0.3, 0.4) is 0 Å². The van der Waals surface area contributed by atoms with Crippen LogP contribution in [0.2, 0.25) is 0 Å². The fraction of sp³-hybridized carbons (Fsp3) is 0.333. The zero-order chi connectivity index (χ0) is 17.8. The number of hydrogen-bond donors (Lipinski definition) is 2. The van der Waals surface area contributed by atoms with Crippen LogP contribution in [-0.2, 0) is 0 Å². The summed E-state index contributed by atoms with van der Waals surface area (Å²) >= 11 is 0. The predicted molar refractivity (Wildman–Crippen MR) is 94.2 cm³/mol. The van der Waals surface area contributed by atoms with Crippen LogP contribution < -0.4 is 11.1 Å². The van der Waals surface area contributed by atoms with E-state index in [9.17, 15) is 8.78 Å². The molecule has 0 bridgehead atoms. The summed E-state index contributed by atoms with van der Waals surface area (Å²) in [5, 5.41) is 2.63. The second-order valence-electron chi connectivity index (χ2n) is 6.24. The number of guanidine groups is 1. The van der Waals surface area contributed by atoms with Gasteiger partial charge < -0.3 is 11.1 Å². The minimum Gasteiger partial charge on any atom is -0.370 e. The molecular weight excluding hydrogens is 324 g/mol. The molecule has 0 unspecified atom stereocenters. The molecule has 5 nitrogen and oxygen atoms in total. The first-order chi connectivity index (χ1) is 12.0. The summed E-state index contributed by atoms with van der Waals surface area (Å²) in [7, 11) is 2.07. The number of aliphatic imine (C=N–C) groups is 1. The van der Waals surface area contributed by atoms with Crippen molar-refractivity contribution in [2.75, 3.05) is 25.5 Å². The molecule has 7 heteroatoms. The first-order valence-corrected chi connectivity index (χ1v) is 8.17. The molecule has 25 heavy (non-hydrogen) atoms. The van der Waals surface area contributed by atoms with E-state index in [-0.39, 0.29) is 23.6 Å². The fourth-order valence-corrected chi connectivity index (χ4v) is 3.28. The van der Waals surface area contributed by atoms with Gasteiger partial charge in [-0.05, 0) is 49.7 Å². The average molecular weight is 345 g/mol. The summed E-state index contributed by atoms with van der Waals surface area (Å²) in [5.41, 5.74) is 6.97. The highest BCUT2D eigenvalue weighted by Gasteiger charge is 2.32. The maximum Gasteiger partial charge on any atom is 0.193 e. The SMILES string of the molecule is CN1CC[C@@H](CN=C(N)Nc2cc(F)ccc2F)[C@@H]1c1cccnc1. The Morgan fingerprint density at radius 3 is 3.00 bits per heavy atom. The third kappa shape index (κ3) is 4.11. The van der Waals surface area contributed by atoms with E-state index in [1.54, 1.807) is 6.20 Å². The standard InChI is InChI=1S/C18H21F2N5/c1-25-8-6-13(17(25)12-3-2-7-22-10-12)11-23-18(21)24-16-9-14(19)4-5-15(16)20/h2-5,7,9-10,13,17H,6,8,11H2,1H3,(H3,21,23,24)/t13-,17-/m0/s1. The number of likely N-dealkylation sites (tertiary alicyclic amines) is 1. The minimum atomic E-state index is -0.576. The third-order valence-electron chi connectivity index (χ3n) is 4.49. The summed E-state index contributed by atoms with van der Waals surface area (Å²) in [4.78, 5) is 10.8. The topological polar surface area (TPSA) is 66.5 Å². The second kappa shape index (κ2) is 7.57. The van der Waals surface area contributed by atoms with Gasteiger partial charge in [-0.1, -0.05) is 6.07 Å². The van der Waals surface area contributed by atoms with Gasteiger partial charge in [-0.2, -0.15) is 0 Å². The summed E-state index contributed by atoms with van der Waals surface area (Å²) in [6, 6.07) is 7.36. The minimum absolute atomic E-state index is 0.0198. The van der Waals surface area contributed by atoms with Crippen molar-refractivity contribution in [3.05, 3.63) is 59.9 Å². The Morgan fingerprint density at radius 1 is 1.40 bits per heavy atom. The Bertz CT molecular complexity index is 750. The van der Waals surface area contributed by atoms with E-state index in [4.69, 9.17) is 5.73 Å². The molecule has 0 amide bonds. The molecular formula is C18H21F2N5. The van der Waals surface area contributed by atoms with Crippen molar-refractivity contribution in [3.63, 3.8) is 0 Å². The van der Waals surface area contributed by atoms with E-state index in [2.05, 4.69) is 33.3 Å². The van der Waals surface area contributed by atoms with Gasteiger partial charge in [0.25, 0.3) is 0 Å². The lowest BCUT2D eigenvalue weighted by Crippen LogP contribution is -2.26. The Labute approximate surface area is 145 Å². The van der Waals surface area contributed by atoms with Gasteiger partial charge in [0.15, 0.2) is 5.96 Å². The van der Waals surface area contributed by atoms with Crippen LogP contribution in [0.1, 0.15) is 18.0 Å². The molecule has 1 aliphatic heterocycles. The van der Waals surface area contributed by atoms with Gasteiger partial charge in [0, 0.05) is 31.0 Å². The predicted octanol–water partition coefficient (Wildman–Crippen LogP) is 2.78. The molecule has 1 aromatic carbocycles. The molecule has 2 atom stereocenters. The number of nitrogens with one attached hydrogen (secondary N) is 1. The molecule has 1 aromatic heterocycles. The summed E-state index contributed by atoms with van der Waals surface area (Å²) in [5.74, 6) is -0.755. The van der Waals surface area contributed by atoms with E-state index in [0.717, 1.165) is 36.7 Å². The molecule has 3 N–H and O–H groups in total. The van der Waals surface area contributed by atoms with Crippen LogP contribution >= 0.6 is 0 Å². The lowest BCUT2D eigenvalue weighted by Gasteiger charge is -2.24. The van der Waals surface area contributed by atoms with Crippen LogP contribution in [0.4, 0.5) is 14.5 Å².